The number of esters is 1. The fourth-order valence-electron chi connectivity index (χ4n) is 11.1. The van der Waals surface area contributed by atoms with Crippen molar-refractivity contribution in [2.24, 2.45) is 0 Å². The molecule has 0 aromatic heterocycles. The van der Waals surface area contributed by atoms with Gasteiger partial charge < -0.3 is 20.3 Å². The van der Waals surface area contributed by atoms with Crippen LogP contribution in [0.25, 0.3) is 0 Å². The first-order chi connectivity index (χ1) is 38.0. The van der Waals surface area contributed by atoms with Crippen LogP contribution in [0.1, 0.15) is 393 Å². The van der Waals surface area contributed by atoms with Crippen molar-refractivity contribution in [3.63, 3.8) is 0 Å². The standard InChI is InChI=1S/C71H137NO5/c1-3-5-7-9-11-13-15-17-19-20-21-22-26-29-32-36-39-43-47-51-55-59-63-69(74)68(67-73)72-70(75)64-60-56-52-48-44-40-37-33-30-27-24-23-25-28-31-34-38-42-46-50-54-58-62-66-77-71(76)65-61-57-53-49-45-41-35-18-16-14-12-10-8-6-4-2/h12,14,18,35,68-69,73-74H,3-11,13,15-17,19-34,36-67H2,1-2H3,(H,72,75)/b14-12-,35-18-. The molecule has 0 fully saturated rings. The highest BCUT2D eigenvalue weighted by Gasteiger charge is 2.20. The first kappa shape index (κ1) is 75.3. The van der Waals surface area contributed by atoms with Crippen LogP contribution < -0.4 is 5.32 Å². The van der Waals surface area contributed by atoms with Gasteiger partial charge >= 0.3 is 5.97 Å². The van der Waals surface area contributed by atoms with Crippen molar-refractivity contribution in [3.8, 4) is 0 Å². The van der Waals surface area contributed by atoms with E-state index in [1.54, 1.807) is 0 Å². The van der Waals surface area contributed by atoms with Gasteiger partial charge in [-0.3, -0.25) is 9.59 Å². The smallest absolute Gasteiger partial charge is 0.305 e. The first-order valence-electron chi connectivity index (χ1n) is 35.1. The van der Waals surface area contributed by atoms with Crippen molar-refractivity contribution in [1.29, 1.82) is 0 Å². The van der Waals surface area contributed by atoms with Crippen LogP contribution in [-0.2, 0) is 14.3 Å². The third-order valence-electron chi connectivity index (χ3n) is 16.5. The molecule has 0 saturated heterocycles. The van der Waals surface area contributed by atoms with Gasteiger partial charge in [-0.2, -0.15) is 0 Å². The van der Waals surface area contributed by atoms with E-state index in [2.05, 4.69) is 43.5 Å². The Bertz CT molecular complexity index is 1200. The molecule has 456 valence electrons. The summed E-state index contributed by atoms with van der Waals surface area (Å²) in [6, 6.07) is -0.542. The number of hydrogen-bond donors (Lipinski definition) is 3. The highest BCUT2D eigenvalue weighted by Crippen LogP contribution is 2.19. The van der Waals surface area contributed by atoms with E-state index in [1.807, 2.05) is 0 Å². The topological polar surface area (TPSA) is 95.9 Å². The summed E-state index contributed by atoms with van der Waals surface area (Å²) in [4.78, 5) is 24.6. The first-order valence-corrected chi connectivity index (χ1v) is 35.1. The predicted molar refractivity (Wildman–Crippen MR) is 338 cm³/mol. The maximum atomic E-state index is 12.5. The fourth-order valence-corrected chi connectivity index (χ4v) is 11.1. The van der Waals surface area contributed by atoms with Crippen LogP contribution in [0.2, 0.25) is 0 Å². The van der Waals surface area contributed by atoms with E-state index in [-0.39, 0.29) is 18.5 Å². The largest absolute Gasteiger partial charge is 0.466 e. The molecule has 0 heterocycles. The van der Waals surface area contributed by atoms with Crippen LogP contribution in [0.3, 0.4) is 0 Å². The lowest BCUT2D eigenvalue weighted by Crippen LogP contribution is -2.45. The Morgan fingerprint density at radius 3 is 1.01 bits per heavy atom. The predicted octanol–water partition coefficient (Wildman–Crippen LogP) is 22.5. The molecule has 0 spiro atoms. The number of ether oxygens (including phenoxy) is 1. The average molecular weight is 1080 g/mol. The second kappa shape index (κ2) is 66.8. The van der Waals surface area contributed by atoms with Crippen LogP contribution in [-0.4, -0.2) is 47.4 Å². The number of unbranched alkanes of at least 4 members (excludes halogenated alkanes) is 51. The quantitative estimate of drug-likeness (QED) is 0.0320. The molecular weight excluding hydrogens is 947 g/mol. The molecule has 77 heavy (non-hydrogen) atoms. The van der Waals surface area contributed by atoms with Gasteiger partial charge in [-0.25, -0.2) is 0 Å². The second-order valence-electron chi connectivity index (χ2n) is 24.2. The van der Waals surface area contributed by atoms with Crippen molar-refractivity contribution >= 4 is 11.9 Å². The van der Waals surface area contributed by atoms with E-state index >= 15 is 0 Å². The molecule has 0 aliphatic carbocycles. The summed E-state index contributed by atoms with van der Waals surface area (Å²) in [5, 5.41) is 23.4. The van der Waals surface area contributed by atoms with Crippen molar-refractivity contribution in [2.75, 3.05) is 13.2 Å². The Morgan fingerprint density at radius 2 is 0.649 bits per heavy atom. The van der Waals surface area contributed by atoms with Crippen LogP contribution in [0.5, 0.6) is 0 Å². The monoisotopic (exact) mass is 1080 g/mol. The van der Waals surface area contributed by atoms with Gasteiger partial charge in [0, 0.05) is 12.8 Å². The Morgan fingerprint density at radius 1 is 0.364 bits per heavy atom. The molecule has 0 rings (SSSR count). The van der Waals surface area contributed by atoms with Gasteiger partial charge in [0.1, 0.15) is 0 Å². The molecule has 0 saturated carbocycles. The average Bonchev–Trinajstić information content (AvgIpc) is 3.43. The van der Waals surface area contributed by atoms with Crippen LogP contribution in [0.15, 0.2) is 24.3 Å². The fraction of sp³-hybridized carbons (Fsp3) is 0.915. The minimum atomic E-state index is -0.665. The zero-order valence-electron chi connectivity index (χ0n) is 52.2. The van der Waals surface area contributed by atoms with E-state index in [1.165, 1.54) is 308 Å². The minimum absolute atomic E-state index is 0.00131. The molecule has 6 heteroatoms. The molecule has 2 unspecified atom stereocenters. The Balaban J connectivity index is 3.38. The third kappa shape index (κ3) is 63.4. The van der Waals surface area contributed by atoms with E-state index in [0.717, 1.165) is 51.4 Å². The normalized spacial score (nSPS) is 12.6. The van der Waals surface area contributed by atoms with Crippen molar-refractivity contribution < 1.29 is 24.5 Å². The Kier molecular flexibility index (Phi) is 65.4. The summed E-state index contributed by atoms with van der Waals surface area (Å²) in [6.07, 6.45) is 83.6. The van der Waals surface area contributed by atoms with Gasteiger partial charge in [-0.15, -0.1) is 0 Å². The summed E-state index contributed by atoms with van der Waals surface area (Å²) in [7, 11) is 0. The molecule has 0 aromatic carbocycles. The SMILES string of the molecule is CCCCC/C=C\C/C=C\CCCCCCCC(=O)OCCCCCCCCCCCCCCCCCCCCCCCCCC(=O)NC(CO)C(O)CCCCCCCCCCCCCCCCCCCCCCCC. The number of carbonyl (C=O) groups excluding carboxylic acids is 2. The van der Waals surface area contributed by atoms with Crippen LogP contribution in [0, 0.1) is 0 Å². The molecular formula is C71H137NO5. The van der Waals surface area contributed by atoms with Crippen molar-refractivity contribution in [3.05, 3.63) is 24.3 Å². The summed E-state index contributed by atoms with van der Waals surface area (Å²) < 4.78 is 5.49. The number of aliphatic hydroxyl groups excluding tert-OH is 2. The minimum Gasteiger partial charge on any atom is -0.466 e. The summed E-state index contributed by atoms with van der Waals surface area (Å²) in [6.45, 7) is 4.96. The lowest BCUT2D eigenvalue weighted by Gasteiger charge is -2.22. The highest BCUT2D eigenvalue weighted by atomic mass is 16.5. The number of aliphatic hydroxyl groups is 2. The van der Waals surface area contributed by atoms with Crippen LogP contribution >= 0.6 is 0 Å². The maximum Gasteiger partial charge on any atom is 0.305 e. The lowest BCUT2D eigenvalue weighted by molar-refractivity contribution is -0.143. The van der Waals surface area contributed by atoms with Crippen LogP contribution in [0.4, 0.5) is 0 Å². The van der Waals surface area contributed by atoms with Crippen molar-refractivity contribution in [1.82, 2.24) is 5.32 Å². The van der Waals surface area contributed by atoms with Gasteiger partial charge in [0.25, 0.3) is 0 Å². The molecule has 0 radical (unpaired) electrons. The molecule has 0 bridgehead atoms. The van der Waals surface area contributed by atoms with E-state index in [0.29, 0.717) is 25.9 Å². The van der Waals surface area contributed by atoms with Gasteiger partial charge in [-0.1, -0.05) is 346 Å². The Hall–Kier alpha value is -1.66. The number of amides is 1. The number of nitrogens with one attached hydrogen (secondary N) is 1. The van der Waals surface area contributed by atoms with Gasteiger partial charge in [0.05, 0.1) is 25.4 Å². The molecule has 3 N–H and O–H groups in total. The number of rotatable bonds is 66. The molecule has 2 atom stereocenters. The van der Waals surface area contributed by atoms with E-state index in [9.17, 15) is 19.8 Å². The Labute approximate surface area is 481 Å². The second-order valence-corrected chi connectivity index (χ2v) is 24.2. The third-order valence-corrected chi connectivity index (χ3v) is 16.5. The molecule has 1 amide bonds. The zero-order valence-corrected chi connectivity index (χ0v) is 52.2. The van der Waals surface area contributed by atoms with E-state index < -0.39 is 12.1 Å². The summed E-state index contributed by atoms with van der Waals surface area (Å²) in [5.41, 5.74) is 0. The van der Waals surface area contributed by atoms with Gasteiger partial charge in [-0.05, 0) is 57.8 Å². The molecule has 0 aromatic rings. The van der Waals surface area contributed by atoms with E-state index in [4.69, 9.17) is 4.74 Å². The van der Waals surface area contributed by atoms with Crippen molar-refractivity contribution in [2.45, 2.75) is 405 Å². The van der Waals surface area contributed by atoms with Gasteiger partial charge in [0.2, 0.25) is 5.91 Å². The summed E-state index contributed by atoms with van der Waals surface area (Å²) >= 11 is 0. The summed E-state index contributed by atoms with van der Waals surface area (Å²) in [5.74, 6) is -0.0288. The molecule has 0 aliphatic rings. The maximum absolute atomic E-state index is 12.5. The number of allylic oxidation sites excluding steroid dienone is 4. The highest BCUT2D eigenvalue weighted by molar-refractivity contribution is 5.76. The van der Waals surface area contributed by atoms with Gasteiger partial charge in [0.15, 0.2) is 0 Å². The lowest BCUT2D eigenvalue weighted by atomic mass is 10.0. The molecule has 6 nitrogen and oxygen atoms in total. The number of hydrogen-bond acceptors (Lipinski definition) is 5. The number of carbonyl (C=O) groups is 2. The zero-order chi connectivity index (χ0) is 55.7. The molecule has 0 aliphatic heterocycles.